The Morgan fingerprint density at radius 3 is 2.53 bits per heavy atom. The van der Waals surface area contributed by atoms with E-state index in [-0.39, 0.29) is 12.5 Å². The van der Waals surface area contributed by atoms with E-state index in [2.05, 4.69) is 4.84 Å². The molecule has 0 saturated heterocycles. The number of carbonyl (C=O) groups excluding carboxylic acids is 2. The predicted molar refractivity (Wildman–Crippen MR) is 68.2 cm³/mol. The maximum atomic E-state index is 11.8. The summed E-state index contributed by atoms with van der Waals surface area (Å²) in [6.07, 6.45) is 5.63. The average molecular weight is 269 g/mol. The van der Waals surface area contributed by atoms with Crippen molar-refractivity contribution in [3.05, 3.63) is 24.7 Å². The summed E-state index contributed by atoms with van der Waals surface area (Å²) in [6, 6.07) is 0. The minimum atomic E-state index is -0.575. The minimum absolute atomic E-state index is 0.218. The minimum Gasteiger partial charge on any atom is -0.443 e. The molecular formula is C12H19N3O4. The second-order valence-corrected chi connectivity index (χ2v) is 4.93. The summed E-state index contributed by atoms with van der Waals surface area (Å²) in [5.41, 5.74) is -0.575. The van der Waals surface area contributed by atoms with Gasteiger partial charge in [-0.25, -0.2) is 10.7 Å². The summed E-state index contributed by atoms with van der Waals surface area (Å²) < 4.78 is 5.21. The van der Waals surface area contributed by atoms with Gasteiger partial charge in [0.05, 0.1) is 0 Å². The molecule has 7 nitrogen and oxygen atoms in total. The lowest BCUT2D eigenvalue weighted by Crippen LogP contribution is -2.31. The largest absolute Gasteiger partial charge is 0.443 e. The van der Waals surface area contributed by atoms with Crippen LogP contribution in [0.25, 0.3) is 0 Å². The number of amides is 2. The van der Waals surface area contributed by atoms with Gasteiger partial charge in [-0.2, -0.15) is 0 Å². The molecule has 0 radical (unpaired) electrons. The summed E-state index contributed by atoms with van der Waals surface area (Å²) in [7, 11) is 0. The zero-order valence-corrected chi connectivity index (χ0v) is 11.3. The Kier molecular flexibility index (Phi) is 5.08. The van der Waals surface area contributed by atoms with Crippen LogP contribution in [-0.4, -0.2) is 40.6 Å². The molecule has 1 aliphatic heterocycles. The van der Waals surface area contributed by atoms with E-state index in [9.17, 15) is 9.59 Å². The monoisotopic (exact) mass is 269 g/mol. The zero-order chi connectivity index (χ0) is 14.5. The molecule has 1 heterocycles. The molecule has 0 atom stereocenters. The molecule has 1 aliphatic rings. The van der Waals surface area contributed by atoms with Crippen molar-refractivity contribution in [2.45, 2.75) is 26.4 Å². The molecule has 0 fully saturated rings. The van der Waals surface area contributed by atoms with Crippen LogP contribution >= 0.6 is 0 Å². The molecule has 1 rings (SSSR count). The smallest absolute Gasteiger partial charge is 0.418 e. The van der Waals surface area contributed by atoms with Crippen molar-refractivity contribution in [3.63, 3.8) is 0 Å². The second kappa shape index (κ2) is 6.35. The van der Waals surface area contributed by atoms with Gasteiger partial charge in [-0.3, -0.25) is 14.5 Å². The molecular weight excluding hydrogens is 250 g/mol. The van der Waals surface area contributed by atoms with Crippen LogP contribution in [0.3, 0.4) is 0 Å². The van der Waals surface area contributed by atoms with E-state index < -0.39 is 11.7 Å². The number of nitrogens with zero attached hydrogens (tertiary/aromatic N) is 2. The quantitative estimate of drug-likeness (QED) is 0.754. The highest BCUT2D eigenvalue weighted by Gasteiger charge is 2.21. The first-order chi connectivity index (χ1) is 8.83. The summed E-state index contributed by atoms with van der Waals surface area (Å²) in [5, 5.41) is 0. The van der Waals surface area contributed by atoms with Crippen LogP contribution in [0, 0.1) is 0 Å². The third-order valence-corrected chi connectivity index (χ3v) is 2.11. The van der Waals surface area contributed by atoms with Crippen LogP contribution in [0.4, 0.5) is 4.79 Å². The standard InChI is InChI=1S/C12H19N3O4/c1-12(2,3)19-11(17)15-6-4-5-14(7-8-15)10(16)9-18-13/h4,6-8H,5,9,13H2,1-3H3. The van der Waals surface area contributed by atoms with Gasteiger partial charge in [0, 0.05) is 25.1 Å². The van der Waals surface area contributed by atoms with Crippen molar-refractivity contribution in [2.24, 2.45) is 5.90 Å². The number of hydrogen-bond acceptors (Lipinski definition) is 5. The molecule has 0 unspecified atom stereocenters. The van der Waals surface area contributed by atoms with E-state index in [1.165, 1.54) is 22.2 Å². The van der Waals surface area contributed by atoms with Crippen LogP contribution in [-0.2, 0) is 14.4 Å². The Morgan fingerprint density at radius 2 is 1.95 bits per heavy atom. The van der Waals surface area contributed by atoms with Gasteiger partial charge < -0.3 is 9.64 Å². The van der Waals surface area contributed by atoms with Gasteiger partial charge in [0.25, 0.3) is 5.91 Å². The van der Waals surface area contributed by atoms with Crippen LogP contribution in [0.5, 0.6) is 0 Å². The SMILES string of the molecule is CC(C)(C)OC(=O)N1C=CCN(C(=O)CON)C=C1. The van der Waals surface area contributed by atoms with Gasteiger partial charge in [-0.15, -0.1) is 0 Å². The number of carbonyl (C=O) groups is 2. The fourth-order valence-corrected chi connectivity index (χ4v) is 1.31. The van der Waals surface area contributed by atoms with E-state index in [0.29, 0.717) is 6.54 Å². The van der Waals surface area contributed by atoms with Gasteiger partial charge in [0.1, 0.15) is 12.2 Å². The Balaban J connectivity index is 2.68. The lowest BCUT2D eigenvalue weighted by molar-refractivity contribution is -0.133. The fraction of sp³-hybridized carbons (Fsp3) is 0.500. The summed E-state index contributed by atoms with van der Waals surface area (Å²) >= 11 is 0. The summed E-state index contributed by atoms with van der Waals surface area (Å²) in [5.74, 6) is 4.55. The zero-order valence-electron chi connectivity index (χ0n) is 11.3. The van der Waals surface area contributed by atoms with Crippen LogP contribution in [0.15, 0.2) is 24.7 Å². The van der Waals surface area contributed by atoms with E-state index >= 15 is 0 Å². The number of hydrogen-bond donors (Lipinski definition) is 1. The lowest BCUT2D eigenvalue weighted by atomic mass is 10.2. The molecule has 0 aromatic heterocycles. The normalized spacial score (nSPS) is 15.4. The first-order valence-electron chi connectivity index (χ1n) is 5.81. The molecule has 2 N–H and O–H groups in total. The number of rotatable bonds is 2. The summed E-state index contributed by atoms with van der Waals surface area (Å²) in [6.45, 7) is 5.46. The summed E-state index contributed by atoms with van der Waals surface area (Å²) in [4.78, 5) is 30.3. The molecule has 19 heavy (non-hydrogen) atoms. The average Bonchev–Trinajstić information content (AvgIpc) is 2.52. The first kappa shape index (κ1) is 15.2. The van der Waals surface area contributed by atoms with Crippen molar-refractivity contribution in [3.8, 4) is 0 Å². The fourth-order valence-electron chi connectivity index (χ4n) is 1.31. The van der Waals surface area contributed by atoms with E-state index in [4.69, 9.17) is 10.6 Å². The highest BCUT2D eigenvalue weighted by molar-refractivity contribution is 5.79. The van der Waals surface area contributed by atoms with Crippen LogP contribution in [0.1, 0.15) is 20.8 Å². The van der Waals surface area contributed by atoms with Gasteiger partial charge in [0.2, 0.25) is 0 Å². The topological polar surface area (TPSA) is 85.1 Å². The third-order valence-electron chi connectivity index (χ3n) is 2.11. The van der Waals surface area contributed by atoms with Gasteiger partial charge >= 0.3 is 6.09 Å². The predicted octanol–water partition coefficient (Wildman–Crippen LogP) is 0.941. The van der Waals surface area contributed by atoms with Crippen molar-refractivity contribution in [2.75, 3.05) is 13.2 Å². The third kappa shape index (κ3) is 5.11. The maximum absolute atomic E-state index is 11.8. The number of ether oxygens (including phenoxy) is 1. The second-order valence-electron chi connectivity index (χ2n) is 4.93. The van der Waals surface area contributed by atoms with Crippen molar-refractivity contribution in [1.29, 1.82) is 0 Å². The maximum Gasteiger partial charge on any atom is 0.418 e. The molecule has 106 valence electrons. The molecule has 0 aromatic rings. The van der Waals surface area contributed by atoms with Crippen molar-refractivity contribution in [1.82, 2.24) is 9.80 Å². The van der Waals surface area contributed by atoms with Crippen LogP contribution < -0.4 is 5.90 Å². The Hall–Kier alpha value is -1.86. The van der Waals surface area contributed by atoms with Crippen molar-refractivity contribution >= 4 is 12.0 Å². The molecule has 0 bridgehead atoms. The van der Waals surface area contributed by atoms with Gasteiger partial charge in [-0.05, 0) is 26.8 Å². The van der Waals surface area contributed by atoms with E-state index in [1.54, 1.807) is 33.0 Å². The van der Waals surface area contributed by atoms with Gasteiger partial charge in [-0.1, -0.05) is 0 Å². The molecule has 0 spiro atoms. The molecule has 7 heteroatoms. The Bertz CT molecular complexity index is 398. The molecule has 0 saturated carbocycles. The van der Waals surface area contributed by atoms with E-state index in [0.717, 1.165) is 0 Å². The van der Waals surface area contributed by atoms with E-state index in [1.807, 2.05) is 0 Å². The van der Waals surface area contributed by atoms with Crippen LogP contribution in [0.2, 0.25) is 0 Å². The first-order valence-corrected chi connectivity index (χ1v) is 5.81. The Labute approximate surface area is 112 Å². The highest BCUT2D eigenvalue weighted by atomic mass is 16.6. The molecule has 2 amide bonds. The highest BCUT2D eigenvalue weighted by Crippen LogP contribution is 2.12. The molecule has 0 aromatic carbocycles. The molecule has 0 aliphatic carbocycles. The lowest BCUT2D eigenvalue weighted by Gasteiger charge is -2.22. The van der Waals surface area contributed by atoms with Gasteiger partial charge in [0.15, 0.2) is 0 Å². The Morgan fingerprint density at radius 1 is 1.26 bits per heavy atom. The number of nitrogens with two attached hydrogens (primary N) is 1. The van der Waals surface area contributed by atoms with Crippen molar-refractivity contribution < 1.29 is 19.2 Å².